The van der Waals surface area contributed by atoms with Crippen LogP contribution in [0.3, 0.4) is 0 Å². The highest BCUT2D eigenvalue weighted by atomic mass is 32.2. The quantitative estimate of drug-likeness (QED) is 0.225. The fraction of sp³-hybridized carbons (Fsp3) is 0.526. The maximum atomic E-state index is 12.6. The van der Waals surface area contributed by atoms with E-state index >= 15 is 0 Å². The maximum Gasteiger partial charge on any atom is 0.342 e. The van der Waals surface area contributed by atoms with Gasteiger partial charge < -0.3 is 23.7 Å². The van der Waals surface area contributed by atoms with Gasteiger partial charge >= 0.3 is 5.97 Å². The van der Waals surface area contributed by atoms with E-state index in [1.165, 1.54) is 0 Å². The fourth-order valence-corrected chi connectivity index (χ4v) is 2.36. The predicted octanol–water partition coefficient (Wildman–Crippen LogP) is 3.11. The molecule has 0 amide bonds. The van der Waals surface area contributed by atoms with Crippen LogP contribution in [-0.4, -0.2) is 57.6 Å². The molecule has 0 saturated carbocycles. The highest BCUT2D eigenvalue weighted by molar-refractivity contribution is 7.95. The minimum Gasteiger partial charge on any atom is -0.467 e. The van der Waals surface area contributed by atoms with E-state index in [0.29, 0.717) is 42.4 Å². The molecular weight excluding hydrogens is 356 g/mol. The Morgan fingerprint density at radius 2 is 1.77 bits per heavy atom. The molecule has 0 aliphatic carbocycles. The first-order valence-electron chi connectivity index (χ1n) is 8.46. The molecule has 1 aromatic carbocycles. The summed E-state index contributed by atoms with van der Waals surface area (Å²) >= 11 is 0. The highest BCUT2D eigenvalue weighted by Crippen LogP contribution is 2.31. The summed E-state index contributed by atoms with van der Waals surface area (Å²) in [6, 6.07) is 3.34. The minimum atomic E-state index is -0.451. The first-order valence-corrected chi connectivity index (χ1v) is 10.7. The summed E-state index contributed by atoms with van der Waals surface area (Å²) in [6.45, 7) is 9.06. The van der Waals surface area contributed by atoms with Crippen LogP contribution in [0.15, 0.2) is 18.7 Å². The molecule has 0 aliphatic rings. The molecule has 6 nitrogen and oxygen atoms in total. The standard InChI is InChI=1S/C19H29O6S/c1-6-15-11-16(24-13-21-7-2)12-17(25-14-22-8-3)18(15)19(20)23-9-10-26(4)5/h6,11-12H,1,7-10,13-14H2,2-5H3/q+1. The summed E-state index contributed by atoms with van der Waals surface area (Å²) in [5, 5.41) is 0. The molecule has 0 heterocycles. The monoisotopic (exact) mass is 385 g/mol. The topological polar surface area (TPSA) is 63.2 Å². The van der Waals surface area contributed by atoms with Crippen molar-refractivity contribution in [3.05, 3.63) is 29.8 Å². The van der Waals surface area contributed by atoms with Gasteiger partial charge in [-0.05, 0) is 36.4 Å². The van der Waals surface area contributed by atoms with Gasteiger partial charge in [0.1, 0.15) is 29.4 Å². The van der Waals surface area contributed by atoms with Gasteiger partial charge in [0.25, 0.3) is 0 Å². The van der Waals surface area contributed by atoms with Gasteiger partial charge in [0.15, 0.2) is 13.6 Å². The average Bonchev–Trinajstić information content (AvgIpc) is 2.61. The minimum absolute atomic E-state index is 0.0235. The van der Waals surface area contributed by atoms with Gasteiger partial charge in [0.2, 0.25) is 0 Å². The molecular formula is C19H29O6S+. The number of hydrogen-bond acceptors (Lipinski definition) is 6. The molecule has 0 radical (unpaired) electrons. The van der Waals surface area contributed by atoms with Crippen molar-refractivity contribution in [3.8, 4) is 11.5 Å². The second kappa shape index (κ2) is 12.6. The predicted molar refractivity (Wildman–Crippen MR) is 105 cm³/mol. The Labute approximate surface area is 158 Å². The van der Waals surface area contributed by atoms with Crippen molar-refractivity contribution in [2.75, 3.05) is 51.7 Å². The Kier molecular flexibility index (Phi) is 10.8. The zero-order valence-electron chi connectivity index (χ0n) is 16.0. The smallest absolute Gasteiger partial charge is 0.342 e. The van der Waals surface area contributed by atoms with Crippen LogP contribution >= 0.6 is 0 Å². The summed E-state index contributed by atoms with van der Waals surface area (Å²) in [5.74, 6) is 1.22. The Morgan fingerprint density at radius 3 is 2.35 bits per heavy atom. The fourth-order valence-electron chi connectivity index (χ4n) is 1.94. The number of esters is 1. The van der Waals surface area contributed by atoms with Gasteiger partial charge in [0, 0.05) is 19.3 Å². The third-order valence-corrected chi connectivity index (χ3v) is 4.25. The molecule has 1 rings (SSSR count). The van der Waals surface area contributed by atoms with E-state index < -0.39 is 5.97 Å². The molecule has 0 unspecified atom stereocenters. The average molecular weight is 386 g/mol. The van der Waals surface area contributed by atoms with Crippen molar-refractivity contribution in [2.24, 2.45) is 0 Å². The van der Waals surface area contributed by atoms with Gasteiger partial charge in [-0.25, -0.2) is 4.79 Å². The van der Waals surface area contributed by atoms with Gasteiger partial charge in [-0.3, -0.25) is 0 Å². The molecule has 0 spiro atoms. The third-order valence-electron chi connectivity index (χ3n) is 3.27. The van der Waals surface area contributed by atoms with E-state index in [1.54, 1.807) is 18.2 Å². The summed E-state index contributed by atoms with van der Waals surface area (Å²) in [7, 11) is 0.202. The molecule has 26 heavy (non-hydrogen) atoms. The molecule has 0 bridgehead atoms. The van der Waals surface area contributed by atoms with Gasteiger partial charge in [-0.1, -0.05) is 12.7 Å². The zero-order valence-corrected chi connectivity index (χ0v) is 16.9. The van der Waals surface area contributed by atoms with Crippen molar-refractivity contribution < 1.29 is 28.5 Å². The van der Waals surface area contributed by atoms with Crippen molar-refractivity contribution in [2.45, 2.75) is 13.8 Å². The Balaban J connectivity index is 3.05. The molecule has 0 fully saturated rings. The lowest BCUT2D eigenvalue weighted by atomic mass is 10.1. The lowest BCUT2D eigenvalue weighted by molar-refractivity contribution is 0.0172. The number of hydrogen-bond donors (Lipinski definition) is 0. The number of benzene rings is 1. The summed E-state index contributed by atoms with van der Waals surface area (Å²) < 4.78 is 27.0. The van der Waals surface area contributed by atoms with Crippen LogP contribution in [0.2, 0.25) is 0 Å². The van der Waals surface area contributed by atoms with E-state index in [-0.39, 0.29) is 24.5 Å². The molecule has 0 saturated heterocycles. The van der Waals surface area contributed by atoms with Crippen LogP contribution < -0.4 is 9.47 Å². The Bertz CT molecular complexity index is 573. The number of ether oxygens (including phenoxy) is 5. The van der Waals surface area contributed by atoms with E-state index in [9.17, 15) is 4.79 Å². The molecule has 0 aromatic heterocycles. The van der Waals surface area contributed by atoms with Crippen molar-refractivity contribution in [3.63, 3.8) is 0 Å². The third kappa shape index (κ3) is 7.68. The summed E-state index contributed by atoms with van der Waals surface area (Å²) in [6.07, 6.45) is 5.77. The van der Waals surface area contributed by atoms with E-state index in [2.05, 4.69) is 19.1 Å². The van der Waals surface area contributed by atoms with Gasteiger partial charge in [-0.15, -0.1) is 0 Å². The normalized spacial score (nSPS) is 10.7. The molecule has 7 heteroatoms. The molecule has 0 N–H and O–H groups in total. The SMILES string of the molecule is C=Cc1cc(OCOCC)cc(OCOCC)c1C(=O)OCC[S+](C)C. The zero-order chi connectivity index (χ0) is 19.4. The molecule has 0 aliphatic heterocycles. The van der Waals surface area contributed by atoms with Crippen LogP contribution in [-0.2, 0) is 25.1 Å². The molecule has 0 atom stereocenters. The van der Waals surface area contributed by atoms with E-state index in [0.717, 1.165) is 5.75 Å². The maximum absolute atomic E-state index is 12.6. The lowest BCUT2D eigenvalue weighted by Gasteiger charge is -2.16. The first-order chi connectivity index (χ1) is 12.5. The molecule has 146 valence electrons. The van der Waals surface area contributed by atoms with Crippen LogP contribution in [0.5, 0.6) is 11.5 Å². The van der Waals surface area contributed by atoms with Crippen molar-refractivity contribution in [1.29, 1.82) is 0 Å². The lowest BCUT2D eigenvalue weighted by Crippen LogP contribution is -2.16. The van der Waals surface area contributed by atoms with Crippen molar-refractivity contribution >= 4 is 22.9 Å². The van der Waals surface area contributed by atoms with Gasteiger partial charge in [-0.2, -0.15) is 0 Å². The molecule has 1 aromatic rings. The first kappa shape index (κ1) is 22.3. The van der Waals surface area contributed by atoms with E-state index in [1.807, 2.05) is 13.8 Å². The van der Waals surface area contributed by atoms with Crippen LogP contribution in [0.1, 0.15) is 29.8 Å². The summed E-state index contributed by atoms with van der Waals surface area (Å²) in [4.78, 5) is 12.6. The number of carbonyl (C=O) groups excluding carboxylic acids is 1. The van der Waals surface area contributed by atoms with Crippen LogP contribution in [0, 0.1) is 0 Å². The second-order valence-corrected chi connectivity index (χ2v) is 7.80. The van der Waals surface area contributed by atoms with Gasteiger partial charge in [0.05, 0.1) is 12.5 Å². The number of carbonyl (C=O) groups is 1. The summed E-state index contributed by atoms with van der Waals surface area (Å²) in [5.41, 5.74) is 0.887. The van der Waals surface area contributed by atoms with Crippen molar-refractivity contribution in [1.82, 2.24) is 0 Å². The second-order valence-electron chi connectivity index (χ2n) is 5.43. The highest BCUT2D eigenvalue weighted by Gasteiger charge is 2.21. The Morgan fingerprint density at radius 1 is 1.12 bits per heavy atom. The Hall–Kier alpha value is -1.70. The number of rotatable bonds is 13. The van der Waals surface area contributed by atoms with Crippen LogP contribution in [0.25, 0.3) is 6.08 Å². The van der Waals surface area contributed by atoms with E-state index in [4.69, 9.17) is 23.7 Å². The largest absolute Gasteiger partial charge is 0.467 e. The van der Waals surface area contributed by atoms with Crippen LogP contribution in [0.4, 0.5) is 0 Å².